The number of hydrogen-bond donors (Lipinski definition) is 5. The molecule has 2 unspecified atom stereocenters. The van der Waals surface area contributed by atoms with E-state index in [1.54, 1.807) is 0 Å². The van der Waals surface area contributed by atoms with Crippen LogP contribution in [-0.4, -0.2) is 128 Å². The molecule has 13 heteroatoms. The second-order valence-corrected chi connectivity index (χ2v) is 6.35. The van der Waals surface area contributed by atoms with Crippen LogP contribution in [-0.2, 0) is 24.0 Å². The van der Waals surface area contributed by atoms with Gasteiger partial charge in [0.15, 0.2) is 12.7 Å². The van der Waals surface area contributed by atoms with Crippen molar-refractivity contribution in [2.45, 2.75) is 6.17 Å². The van der Waals surface area contributed by atoms with Crippen molar-refractivity contribution in [1.29, 1.82) is 0 Å². The maximum Gasteiger partial charge on any atom is 0.359 e. The van der Waals surface area contributed by atoms with Crippen LogP contribution in [0.3, 0.4) is 0 Å². The fraction of sp³-hybridized carbons (Fsp3) is 0.643. The van der Waals surface area contributed by atoms with Crippen LogP contribution in [0.15, 0.2) is 0 Å². The molecular formula is C14H22N3O10+. The molecule has 1 heterocycles. The van der Waals surface area contributed by atoms with Crippen molar-refractivity contribution in [2.75, 3.05) is 52.4 Å². The summed E-state index contributed by atoms with van der Waals surface area (Å²) in [6.45, 7) is -2.58. The summed E-state index contributed by atoms with van der Waals surface area (Å²) in [6, 6.07) is 0. The Morgan fingerprint density at radius 3 is 1.56 bits per heavy atom. The molecule has 1 aliphatic heterocycles. The topological polar surface area (TPSA) is 193 Å². The fourth-order valence-corrected chi connectivity index (χ4v) is 3.05. The highest BCUT2D eigenvalue weighted by molar-refractivity contribution is 5.73. The van der Waals surface area contributed by atoms with Crippen LogP contribution in [0.5, 0.6) is 0 Å². The zero-order valence-corrected chi connectivity index (χ0v) is 14.4. The predicted molar refractivity (Wildman–Crippen MR) is 84.8 cm³/mol. The Morgan fingerprint density at radius 2 is 1.19 bits per heavy atom. The molecule has 5 N–H and O–H groups in total. The van der Waals surface area contributed by atoms with E-state index in [9.17, 15) is 24.0 Å². The largest absolute Gasteiger partial charge is 0.480 e. The zero-order valence-electron chi connectivity index (χ0n) is 14.4. The Balaban J connectivity index is 2.89. The van der Waals surface area contributed by atoms with Crippen LogP contribution in [0, 0.1) is 0 Å². The van der Waals surface area contributed by atoms with Gasteiger partial charge in [0, 0.05) is 6.54 Å². The van der Waals surface area contributed by atoms with Crippen LogP contribution in [0.25, 0.3) is 0 Å². The molecule has 0 aliphatic carbocycles. The Bertz CT molecular complexity index is 592. The van der Waals surface area contributed by atoms with E-state index >= 15 is 0 Å². The molecule has 0 bridgehead atoms. The van der Waals surface area contributed by atoms with Crippen LogP contribution < -0.4 is 0 Å². The van der Waals surface area contributed by atoms with Gasteiger partial charge in [-0.3, -0.25) is 28.6 Å². The Labute approximate surface area is 153 Å². The quantitative estimate of drug-likeness (QED) is 0.150. The standard InChI is InChI=1S/C14H21N3O10/c18-10(19)3-15(4-11(20)21)1-2-17(8-14(26)27)7-9(17)16(5-12(22)23)6-13(24)25/h9H,1-8H2,(H4-,18,19,20,21,22,23,24,25,26,27)/p+1. The third-order valence-electron chi connectivity index (χ3n) is 4.15. The van der Waals surface area contributed by atoms with Gasteiger partial charge < -0.3 is 25.5 Å². The molecule has 1 aliphatic rings. The lowest BCUT2D eigenvalue weighted by Crippen LogP contribution is -2.48. The van der Waals surface area contributed by atoms with Gasteiger partial charge in [-0.25, -0.2) is 9.69 Å². The predicted octanol–water partition coefficient (Wildman–Crippen LogP) is -2.83. The Morgan fingerprint density at radius 1 is 0.741 bits per heavy atom. The number of hydrogen-bond acceptors (Lipinski definition) is 7. The maximum absolute atomic E-state index is 11.2. The van der Waals surface area contributed by atoms with Crippen LogP contribution in [0.2, 0.25) is 0 Å². The Kier molecular flexibility index (Phi) is 7.63. The van der Waals surface area contributed by atoms with Crippen LogP contribution in [0.4, 0.5) is 0 Å². The van der Waals surface area contributed by atoms with Crippen molar-refractivity contribution in [3.63, 3.8) is 0 Å². The lowest BCUT2D eigenvalue weighted by atomic mass is 10.4. The molecular weight excluding hydrogens is 370 g/mol. The van der Waals surface area contributed by atoms with Crippen molar-refractivity contribution in [2.24, 2.45) is 0 Å². The van der Waals surface area contributed by atoms with Gasteiger partial charge in [-0.15, -0.1) is 0 Å². The number of carboxylic acids is 5. The van der Waals surface area contributed by atoms with Gasteiger partial charge in [0.25, 0.3) is 0 Å². The zero-order chi connectivity index (χ0) is 20.8. The summed E-state index contributed by atoms with van der Waals surface area (Å²) in [6.07, 6.45) is -0.676. The van der Waals surface area contributed by atoms with Gasteiger partial charge in [0.05, 0.1) is 19.6 Å². The average molecular weight is 392 g/mol. The van der Waals surface area contributed by atoms with E-state index < -0.39 is 68.7 Å². The summed E-state index contributed by atoms with van der Waals surface area (Å²) in [5.74, 6) is -6.22. The third-order valence-corrected chi connectivity index (χ3v) is 4.15. The summed E-state index contributed by atoms with van der Waals surface area (Å²) in [4.78, 5) is 57.1. The molecule has 1 rings (SSSR count). The SMILES string of the molecule is O=C(O)CN(CC[N+]1(CC(=O)O)CC1N(CC(=O)O)CC(=O)O)CC(=O)O. The molecule has 0 amide bonds. The molecule has 0 spiro atoms. The number of carboxylic acid groups (broad SMARTS) is 5. The van der Waals surface area contributed by atoms with Crippen LogP contribution in [0.1, 0.15) is 0 Å². The monoisotopic (exact) mass is 392 g/mol. The molecule has 0 aromatic heterocycles. The van der Waals surface area contributed by atoms with E-state index in [0.29, 0.717) is 0 Å². The van der Waals surface area contributed by atoms with E-state index in [1.807, 2.05) is 0 Å². The molecule has 27 heavy (non-hydrogen) atoms. The van der Waals surface area contributed by atoms with Crippen molar-refractivity contribution in [3.8, 4) is 0 Å². The highest BCUT2D eigenvalue weighted by Crippen LogP contribution is 2.33. The van der Waals surface area contributed by atoms with Gasteiger partial charge in [0.1, 0.15) is 19.6 Å². The van der Waals surface area contributed by atoms with Crippen molar-refractivity contribution >= 4 is 29.8 Å². The first-order valence-corrected chi connectivity index (χ1v) is 7.86. The minimum atomic E-state index is -1.27. The van der Waals surface area contributed by atoms with E-state index in [4.69, 9.17) is 25.5 Å². The fourth-order valence-electron chi connectivity index (χ4n) is 3.05. The van der Waals surface area contributed by atoms with Gasteiger partial charge >= 0.3 is 29.8 Å². The first-order chi connectivity index (χ1) is 12.4. The normalized spacial score (nSPS) is 21.2. The van der Waals surface area contributed by atoms with Crippen molar-refractivity contribution in [3.05, 3.63) is 0 Å². The summed E-state index contributed by atoms with van der Waals surface area (Å²) >= 11 is 0. The molecule has 0 radical (unpaired) electrons. The maximum atomic E-state index is 11.2. The second kappa shape index (κ2) is 9.25. The number of rotatable bonds is 14. The summed E-state index contributed by atoms with van der Waals surface area (Å²) in [5, 5.41) is 44.7. The molecule has 0 aromatic carbocycles. The molecule has 0 aromatic rings. The van der Waals surface area contributed by atoms with E-state index in [1.165, 1.54) is 0 Å². The minimum Gasteiger partial charge on any atom is -0.480 e. The van der Waals surface area contributed by atoms with Gasteiger partial charge in [-0.2, -0.15) is 0 Å². The van der Waals surface area contributed by atoms with Gasteiger partial charge in [0.2, 0.25) is 0 Å². The second-order valence-electron chi connectivity index (χ2n) is 6.35. The lowest BCUT2D eigenvalue weighted by Gasteiger charge is -2.26. The minimum absolute atomic E-state index is 0.0350. The number of carbonyl (C=O) groups is 5. The smallest absolute Gasteiger partial charge is 0.359 e. The summed E-state index contributed by atoms with van der Waals surface area (Å²) < 4.78 is -0.175. The molecule has 1 saturated heterocycles. The van der Waals surface area contributed by atoms with E-state index in [0.717, 1.165) is 9.80 Å². The van der Waals surface area contributed by atoms with Crippen molar-refractivity contribution in [1.82, 2.24) is 9.80 Å². The van der Waals surface area contributed by atoms with Gasteiger partial charge in [-0.1, -0.05) is 0 Å². The summed E-state index contributed by atoms with van der Waals surface area (Å²) in [5.41, 5.74) is 0. The number of quaternary nitrogens is 1. The lowest BCUT2D eigenvalue weighted by molar-refractivity contribution is -0.813. The highest BCUT2D eigenvalue weighted by Gasteiger charge is 2.59. The van der Waals surface area contributed by atoms with Crippen molar-refractivity contribution < 1.29 is 54.0 Å². The number of nitrogens with zero attached hydrogens (tertiary/aromatic N) is 3. The Hall–Kier alpha value is -2.77. The van der Waals surface area contributed by atoms with E-state index in [-0.39, 0.29) is 24.1 Å². The van der Waals surface area contributed by atoms with Crippen LogP contribution >= 0.6 is 0 Å². The molecule has 2 atom stereocenters. The number of aliphatic carboxylic acids is 5. The summed E-state index contributed by atoms with van der Waals surface area (Å²) in [7, 11) is 0. The highest BCUT2D eigenvalue weighted by atomic mass is 16.4. The first-order valence-electron chi connectivity index (χ1n) is 7.86. The third kappa shape index (κ3) is 7.55. The first kappa shape index (κ1) is 22.3. The molecule has 13 nitrogen and oxygen atoms in total. The average Bonchev–Trinajstić information content (AvgIpc) is 3.15. The molecule has 152 valence electrons. The van der Waals surface area contributed by atoms with Gasteiger partial charge in [-0.05, 0) is 0 Å². The van der Waals surface area contributed by atoms with E-state index in [2.05, 4.69) is 0 Å². The molecule has 0 saturated carbocycles. The molecule has 1 fully saturated rings.